The Balaban J connectivity index is 1.11. The van der Waals surface area contributed by atoms with E-state index in [4.69, 9.17) is 19.0 Å². The van der Waals surface area contributed by atoms with Crippen LogP contribution >= 0.6 is 11.3 Å². The molecule has 2 saturated heterocycles. The predicted octanol–water partition coefficient (Wildman–Crippen LogP) is 7.59. The quantitative estimate of drug-likeness (QED) is 0.173. The Hall–Kier alpha value is -3.84. The molecule has 2 aromatic heterocycles. The Morgan fingerprint density at radius 1 is 1.11 bits per heavy atom. The maximum atomic E-state index is 13.2. The lowest BCUT2D eigenvalue weighted by Gasteiger charge is -2.39. The SMILES string of the molecule is COC(=O)c1cc(OC(C)C)c2nc(N3C4CCC3CC(NCc3c(-c5ccccc5OC(F)(F)F)noc3C3CC3)C4)sc2c1. The molecule has 4 heterocycles. The van der Waals surface area contributed by atoms with Gasteiger partial charge in [0.2, 0.25) is 0 Å². The van der Waals surface area contributed by atoms with Crippen molar-refractivity contribution < 1.29 is 36.7 Å². The molecule has 13 heteroatoms. The number of halogens is 3. The van der Waals surface area contributed by atoms with Gasteiger partial charge in [-0.05, 0) is 76.6 Å². The van der Waals surface area contributed by atoms with Crippen molar-refractivity contribution in [1.82, 2.24) is 15.5 Å². The second-order valence-electron chi connectivity index (χ2n) is 12.5. The summed E-state index contributed by atoms with van der Waals surface area (Å²) in [6, 6.07) is 10.3. The van der Waals surface area contributed by atoms with Crippen LogP contribution in [0.4, 0.5) is 18.3 Å². The molecule has 3 fully saturated rings. The molecule has 0 spiro atoms. The highest BCUT2D eigenvalue weighted by atomic mass is 32.1. The van der Waals surface area contributed by atoms with Gasteiger partial charge in [-0.1, -0.05) is 28.6 Å². The molecule has 1 aliphatic carbocycles. The molecular formula is C33H35F3N4O5S. The van der Waals surface area contributed by atoms with Gasteiger partial charge in [0.05, 0.1) is 23.5 Å². The number of benzene rings is 2. The zero-order valence-electron chi connectivity index (χ0n) is 25.7. The van der Waals surface area contributed by atoms with Gasteiger partial charge in [-0.25, -0.2) is 9.78 Å². The van der Waals surface area contributed by atoms with E-state index in [1.165, 1.54) is 19.2 Å². The number of ether oxygens (including phenoxy) is 3. The number of thiazole rings is 1. The van der Waals surface area contributed by atoms with E-state index in [0.29, 0.717) is 23.6 Å². The number of carbonyl (C=O) groups is 1. The van der Waals surface area contributed by atoms with Gasteiger partial charge in [0, 0.05) is 41.7 Å². The fraction of sp³-hybridized carbons (Fsp3) is 0.485. The fourth-order valence-corrected chi connectivity index (χ4v) is 7.99. The van der Waals surface area contributed by atoms with Gasteiger partial charge in [-0.15, -0.1) is 13.2 Å². The van der Waals surface area contributed by atoms with Crippen molar-refractivity contribution in [2.45, 2.75) is 95.4 Å². The van der Waals surface area contributed by atoms with Crippen LogP contribution in [0.3, 0.4) is 0 Å². The molecule has 46 heavy (non-hydrogen) atoms. The monoisotopic (exact) mass is 656 g/mol. The van der Waals surface area contributed by atoms with Crippen LogP contribution in [0.15, 0.2) is 40.9 Å². The number of alkyl halides is 3. The number of nitrogens with one attached hydrogen (secondary N) is 1. The van der Waals surface area contributed by atoms with E-state index in [9.17, 15) is 18.0 Å². The number of carbonyl (C=O) groups excluding carboxylic acids is 1. The van der Waals surface area contributed by atoms with Gasteiger partial charge >= 0.3 is 12.3 Å². The van der Waals surface area contributed by atoms with Crippen molar-refractivity contribution in [3.63, 3.8) is 0 Å². The van der Waals surface area contributed by atoms with Crippen LogP contribution < -0.4 is 19.7 Å². The van der Waals surface area contributed by atoms with E-state index >= 15 is 0 Å². The summed E-state index contributed by atoms with van der Waals surface area (Å²) >= 11 is 1.56. The Kier molecular flexibility index (Phi) is 8.08. The number of aromatic nitrogens is 2. The average molecular weight is 657 g/mol. The number of anilines is 1. The number of esters is 1. The van der Waals surface area contributed by atoms with Crippen LogP contribution in [0.1, 0.15) is 80.0 Å². The number of nitrogens with zero attached hydrogens (tertiary/aromatic N) is 3. The summed E-state index contributed by atoms with van der Waals surface area (Å²) in [5.41, 5.74) is 2.60. The topological polar surface area (TPSA) is 99.0 Å². The normalized spacial score (nSPS) is 21.3. The third-order valence-electron chi connectivity index (χ3n) is 8.89. The summed E-state index contributed by atoms with van der Waals surface area (Å²) in [6.07, 6.45) is 0.892. The Labute approximate surface area is 268 Å². The number of rotatable bonds is 10. The molecule has 1 saturated carbocycles. The van der Waals surface area contributed by atoms with Crippen LogP contribution in [0.25, 0.3) is 21.5 Å². The van der Waals surface area contributed by atoms with Crippen molar-refractivity contribution in [3.05, 3.63) is 53.3 Å². The second-order valence-corrected chi connectivity index (χ2v) is 13.5. The third kappa shape index (κ3) is 6.14. The summed E-state index contributed by atoms with van der Waals surface area (Å²) in [4.78, 5) is 19.8. The van der Waals surface area contributed by atoms with Gasteiger partial charge in [-0.2, -0.15) is 0 Å². The number of hydrogen-bond acceptors (Lipinski definition) is 10. The summed E-state index contributed by atoms with van der Waals surface area (Å²) in [5, 5.41) is 8.86. The molecule has 7 rings (SSSR count). The zero-order chi connectivity index (χ0) is 32.2. The first-order valence-electron chi connectivity index (χ1n) is 15.6. The summed E-state index contributed by atoms with van der Waals surface area (Å²) in [6.45, 7) is 4.31. The lowest BCUT2D eigenvalue weighted by molar-refractivity contribution is -0.274. The molecular weight excluding hydrogens is 621 g/mol. The minimum atomic E-state index is -4.82. The van der Waals surface area contributed by atoms with Gasteiger partial charge in [-0.3, -0.25) is 0 Å². The Morgan fingerprint density at radius 2 is 1.85 bits per heavy atom. The number of fused-ring (bicyclic) bond motifs is 3. The van der Waals surface area contributed by atoms with Crippen molar-refractivity contribution in [3.8, 4) is 22.8 Å². The van der Waals surface area contributed by atoms with E-state index < -0.39 is 12.3 Å². The van der Waals surface area contributed by atoms with E-state index in [-0.39, 0.29) is 41.5 Å². The second kappa shape index (κ2) is 12.1. The van der Waals surface area contributed by atoms with Crippen LogP contribution in [0, 0.1) is 0 Å². The minimum absolute atomic E-state index is 0.0868. The molecule has 2 atom stereocenters. The summed E-state index contributed by atoms with van der Waals surface area (Å²) in [5.74, 6) is 0.821. The highest BCUT2D eigenvalue weighted by Gasteiger charge is 2.43. The Bertz CT molecular complexity index is 1740. The van der Waals surface area contributed by atoms with Gasteiger partial charge < -0.3 is 29.0 Å². The standard InChI is InChI=1S/C33H35F3N4O5S/c1-17(2)43-26-12-19(31(41)42-3)13-27-29(26)38-32(46-27)40-21-10-11-22(40)15-20(14-21)37-16-24-28(39-45-30(24)18-8-9-18)23-6-4-5-7-25(23)44-33(34,35)36/h4-7,12-13,17-18,20-22,37H,8-11,14-16H2,1-3H3. The first kappa shape index (κ1) is 30.8. The molecule has 4 aromatic rings. The third-order valence-corrected chi connectivity index (χ3v) is 9.90. The number of hydrogen-bond donors (Lipinski definition) is 1. The van der Waals surface area contributed by atoms with Crippen molar-refractivity contribution in [2.75, 3.05) is 12.0 Å². The largest absolute Gasteiger partial charge is 0.573 e. The summed E-state index contributed by atoms with van der Waals surface area (Å²) in [7, 11) is 1.36. The van der Waals surface area contributed by atoms with Crippen LogP contribution in [-0.2, 0) is 11.3 Å². The fourth-order valence-electron chi connectivity index (χ4n) is 6.83. The zero-order valence-corrected chi connectivity index (χ0v) is 26.5. The van der Waals surface area contributed by atoms with Gasteiger partial charge in [0.1, 0.15) is 28.5 Å². The molecule has 2 unspecified atom stereocenters. The molecule has 1 N–H and O–H groups in total. The maximum Gasteiger partial charge on any atom is 0.573 e. The molecule has 9 nitrogen and oxygen atoms in total. The van der Waals surface area contributed by atoms with E-state index in [0.717, 1.165) is 65.2 Å². The average Bonchev–Trinajstić information content (AvgIpc) is 3.52. The molecule has 0 radical (unpaired) electrons. The highest BCUT2D eigenvalue weighted by Crippen LogP contribution is 2.47. The van der Waals surface area contributed by atoms with Gasteiger partial charge in [0.15, 0.2) is 5.13 Å². The minimum Gasteiger partial charge on any atom is -0.489 e. The first-order valence-corrected chi connectivity index (χ1v) is 16.4. The molecule has 244 valence electrons. The maximum absolute atomic E-state index is 13.2. The van der Waals surface area contributed by atoms with E-state index in [2.05, 4.69) is 20.1 Å². The predicted molar refractivity (Wildman–Crippen MR) is 166 cm³/mol. The van der Waals surface area contributed by atoms with Crippen LogP contribution in [0.5, 0.6) is 11.5 Å². The smallest absolute Gasteiger partial charge is 0.489 e. The summed E-state index contributed by atoms with van der Waals surface area (Å²) < 4.78 is 61.5. The first-order chi connectivity index (χ1) is 22.1. The lowest BCUT2D eigenvalue weighted by atomic mass is 9.97. The Morgan fingerprint density at radius 3 is 2.52 bits per heavy atom. The van der Waals surface area contributed by atoms with Crippen molar-refractivity contribution in [2.24, 2.45) is 0 Å². The molecule has 2 aliphatic heterocycles. The van der Waals surface area contributed by atoms with E-state index in [1.807, 2.05) is 19.9 Å². The molecule has 2 bridgehead atoms. The van der Waals surface area contributed by atoms with Crippen molar-refractivity contribution >= 4 is 32.7 Å². The van der Waals surface area contributed by atoms with Gasteiger partial charge in [0.25, 0.3) is 0 Å². The highest BCUT2D eigenvalue weighted by molar-refractivity contribution is 7.22. The number of piperidine rings is 1. The van der Waals surface area contributed by atoms with E-state index in [1.54, 1.807) is 29.5 Å². The van der Waals surface area contributed by atoms with Crippen LogP contribution in [0.2, 0.25) is 0 Å². The number of methoxy groups -OCH3 is 1. The molecule has 2 aromatic carbocycles. The van der Waals surface area contributed by atoms with Crippen LogP contribution in [-0.4, -0.2) is 53.8 Å². The molecule has 3 aliphatic rings. The van der Waals surface area contributed by atoms with Crippen molar-refractivity contribution in [1.29, 1.82) is 0 Å². The number of para-hydroxylation sites is 1. The lowest BCUT2D eigenvalue weighted by Crippen LogP contribution is -2.49. The molecule has 0 amide bonds.